The second kappa shape index (κ2) is 6.20. The first-order chi connectivity index (χ1) is 11.0. The van der Waals surface area contributed by atoms with Gasteiger partial charge in [0.15, 0.2) is 0 Å². The molecule has 23 heavy (non-hydrogen) atoms. The Morgan fingerprint density at radius 1 is 1.22 bits per heavy atom. The third-order valence-electron chi connectivity index (χ3n) is 4.00. The number of hydrogen-bond donors (Lipinski definition) is 0. The van der Waals surface area contributed by atoms with E-state index in [2.05, 4.69) is 4.98 Å². The molecule has 0 atom stereocenters. The largest absolute Gasteiger partial charge is 0.497 e. The second-order valence-corrected chi connectivity index (χ2v) is 7.73. The van der Waals surface area contributed by atoms with Gasteiger partial charge in [0.25, 0.3) is 0 Å². The van der Waals surface area contributed by atoms with E-state index in [0.717, 1.165) is 29.7 Å². The number of anilines is 1. The first-order valence-corrected chi connectivity index (χ1v) is 9.38. The third-order valence-corrected chi connectivity index (χ3v) is 5.13. The topological polar surface area (TPSA) is 59.5 Å². The van der Waals surface area contributed by atoms with Crippen LogP contribution >= 0.6 is 0 Å². The maximum Gasteiger partial charge on any atom is 0.232 e. The van der Waals surface area contributed by atoms with Crippen molar-refractivity contribution in [3.8, 4) is 5.75 Å². The molecule has 6 heteroatoms. The molecule has 1 aliphatic carbocycles. The molecule has 1 aromatic heterocycles. The van der Waals surface area contributed by atoms with Crippen LogP contribution in [0.2, 0.25) is 0 Å². The fourth-order valence-corrected chi connectivity index (χ4v) is 3.52. The van der Waals surface area contributed by atoms with E-state index in [1.165, 1.54) is 10.6 Å². The van der Waals surface area contributed by atoms with E-state index in [4.69, 9.17) is 4.74 Å². The molecule has 0 spiro atoms. The van der Waals surface area contributed by atoms with Crippen LogP contribution in [0.25, 0.3) is 0 Å². The van der Waals surface area contributed by atoms with E-state index in [1.54, 1.807) is 19.5 Å². The molecular formula is C17H20N2O3S. The summed E-state index contributed by atoms with van der Waals surface area (Å²) >= 11 is 0. The van der Waals surface area contributed by atoms with Crippen LogP contribution in [0.5, 0.6) is 5.75 Å². The SMILES string of the molecule is COc1ccc(CN(c2cnccc2C2CC2)S(C)(=O)=O)cc1. The normalized spacial score (nSPS) is 14.5. The molecule has 0 aliphatic heterocycles. The Balaban J connectivity index is 1.95. The summed E-state index contributed by atoms with van der Waals surface area (Å²) in [4.78, 5) is 4.13. The highest BCUT2D eigenvalue weighted by atomic mass is 32.2. The standard InChI is InChI=1S/C17H20N2O3S/c1-22-15-7-3-13(4-8-15)12-19(23(2,20)21)17-11-18-10-9-16(17)14-5-6-14/h3-4,7-11,14H,5-6,12H2,1-2H3. The van der Waals surface area contributed by atoms with Crippen LogP contribution in [0.15, 0.2) is 42.7 Å². The molecule has 0 N–H and O–H groups in total. The van der Waals surface area contributed by atoms with E-state index in [1.807, 2.05) is 30.3 Å². The zero-order chi connectivity index (χ0) is 16.4. The Morgan fingerprint density at radius 2 is 1.91 bits per heavy atom. The summed E-state index contributed by atoms with van der Waals surface area (Å²) in [6.45, 7) is 0.286. The Hall–Kier alpha value is -2.08. The molecule has 2 aromatic rings. The molecule has 0 bridgehead atoms. The number of ether oxygens (including phenoxy) is 1. The first-order valence-electron chi connectivity index (χ1n) is 7.53. The average Bonchev–Trinajstić information content (AvgIpc) is 3.37. The van der Waals surface area contributed by atoms with Gasteiger partial charge in [-0.15, -0.1) is 0 Å². The van der Waals surface area contributed by atoms with Gasteiger partial charge in [0.05, 0.1) is 31.8 Å². The molecule has 5 nitrogen and oxygen atoms in total. The zero-order valence-electron chi connectivity index (χ0n) is 13.3. The van der Waals surface area contributed by atoms with Crippen molar-refractivity contribution < 1.29 is 13.2 Å². The van der Waals surface area contributed by atoms with Gasteiger partial charge in [0.1, 0.15) is 5.75 Å². The molecule has 0 amide bonds. The van der Waals surface area contributed by atoms with Gasteiger partial charge in [0.2, 0.25) is 10.0 Å². The quantitative estimate of drug-likeness (QED) is 0.816. The number of rotatable bonds is 6. The van der Waals surface area contributed by atoms with Gasteiger partial charge >= 0.3 is 0 Å². The molecule has 0 unspecified atom stereocenters. The van der Waals surface area contributed by atoms with Gasteiger partial charge < -0.3 is 4.74 Å². The fourth-order valence-electron chi connectivity index (χ4n) is 2.62. The highest BCUT2D eigenvalue weighted by molar-refractivity contribution is 7.92. The second-order valence-electron chi connectivity index (χ2n) is 5.83. The third kappa shape index (κ3) is 3.64. The Kier molecular flexibility index (Phi) is 4.26. The predicted octanol–water partition coefficient (Wildman–Crippen LogP) is 2.93. The maximum atomic E-state index is 12.3. The van der Waals surface area contributed by atoms with Crippen molar-refractivity contribution in [2.24, 2.45) is 0 Å². The zero-order valence-corrected chi connectivity index (χ0v) is 14.1. The predicted molar refractivity (Wildman–Crippen MR) is 90.2 cm³/mol. The van der Waals surface area contributed by atoms with E-state index < -0.39 is 10.0 Å². The number of hydrogen-bond acceptors (Lipinski definition) is 4. The molecule has 1 heterocycles. The molecule has 1 aliphatic rings. The molecule has 1 aromatic carbocycles. The van der Waals surface area contributed by atoms with Gasteiger partial charge in [-0.1, -0.05) is 12.1 Å². The van der Waals surface area contributed by atoms with Crippen LogP contribution in [0.3, 0.4) is 0 Å². The minimum absolute atomic E-state index is 0.286. The van der Waals surface area contributed by atoms with Crippen molar-refractivity contribution in [3.05, 3.63) is 53.9 Å². The summed E-state index contributed by atoms with van der Waals surface area (Å²) in [5.74, 6) is 1.20. The Labute approximate surface area is 137 Å². The van der Waals surface area contributed by atoms with Crippen LogP contribution in [-0.4, -0.2) is 26.8 Å². The van der Waals surface area contributed by atoms with Gasteiger partial charge in [-0.05, 0) is 48.1 Å². The molecular weight excluding hydrogens is 312 g/mol. The lowest BCUT2D eigenvalue weighted by molar-refractivity contribution is 0.414. The van der Waals surface area contributed by atoms with Crippen molar-refractivity contribution in [1.82, 2.24) is 4.98 Å². The average molecular weight is 332 g/mol. The van der Waals surface area contributed by atoms with Crippen LogP contribution in [-0.2, 0) is 16.6 Å². The molecule has 0 radical (unpaired) electrons. The number of methoxy groups -OCH3 is 1. The number of aromatic nitrogens is 1. The number of pyridine rings is 1. The van der Waals surface area contributed by atoms with Crippen LogP contribution in [0, 0.1) is 0 Å². The molecule has 1 fully saturated rings. The number of sulfonamides is 1. The number of benzene rings is 1. The molecule has 0 saturated heterocycles. The summed E-state index contributed by atoms with van der Waals surface area (Å²) in [7, 11) is -1.79. The summed E-state index contributed by atoms with van der Waals surface area (Å²) in [5.41, 5.74) is 2.66. The van der Waals surface area contributed by atoms with Crippen molar-refractivity contribution in [1.29, 1.82) is 0 Å². The Bertz CT molecular complexity index is 784. The number of nitrogens with zero attached hydrogens (tertiary/aromatic N) is 2. The lowest BCUT2D eigenvalue weighted by Crippen LogP contribution is -2.30. The summed E-state index contributed by atoms with van der Waals surface area (Å²) in [5, 5.41) is 0. The van der Waals surface area contributed by atoms with Crippen LogP contribution in [0.4, 0.5) is 5.69 Å². The minimum atomic E-state index is -3.40. The van der Waals surface area contributed by atoms with Gasteiger partial charge in [-0.2, -0.15) is 0 Å². The van der Waals surface area contributed by atoms with Crippen molar-refractivity contribution in [2.75, 3.05) is 17.7 Å². The van der Waals surface area contributed by atoms with Crippen LogP contribution < -0.4 is 9.04 Å². The maximum absolute atomic E-state index is 12.3. The Morgan fingerprint density at radius 3 is 2.48 bits per heavy atom. The van der Waals surface area contributed by atoms with E-state index in [9.17, 15) is 8.42 Å². The van der Waals surface area contributed by atoms with Gasteiger partial charge in [-0.3, -0.25) is 9.29 Å². The summed E-state index contributed by atoms with van der Waals surface area (Å²) in [6, 6.07) is 9.36. The van der Waals surface area contributed by atoms with E-state index >= 15 is 0 Å². The lowest BCUT2D eigenvalue weighted by Gasteiger charge is -2.24. The lowest BCUT2D eigenvalue weighted by atomic mass is 10.1. The highest BCUT2D eigenvalue weighted by Gasteiger charge is 2.30. The van der Waals surface area contributed by atoms with Crippen molar-refractivity contribution >= 4 is 15.7 Å². The molecule has 3 rings (SSSR count). The van der Waals surface area contributed by atoms with Crippen molar-refractivity contribution in [2.45, 2.75) is 25.3 Å². The molecule has 122 valence electrons. The van der Waals surface area contributed by atoms with Gasteiger partial charge in [0, 0.05) is 6.20 Å². The molecule has 1 saturated carbocycles. The van der Waals surface area contributed by atoms with E-state index in [-0.39, 0.29) is 6.54 Å². The van der Waals surface area contributed by atoms with Crippen LogP contribution in [0.1, 0.15) is 29.9 Å². The first kappa shape index (κ1) is 15.8. The van der Waals surface area contributed by atoms with Crippen molar-refractivity contribution in [3.63, 3.8) is 0 Å². The minimum Gasteiger partial charge on any atom is -0.497 e. The van der Waals surface area contributed by atoms with E-state index in [0.29, 0.717) is 11.6 Å². The summed E-state index contributed by atoms with van der Waals surface area (Å²) in [6.07, 6.45) is 6.83. The highest BCUT2D eigenvalue weighted by Crippen LogP contribution is 2.44. The monoisotopic (exact) mass is 332 g/mol. The summed E-state index contributed by atoms with van der Waals surface area (Å²) < 4.78 is 31.2. The smallest absolute Gasteiger partial charge is 0.232 e. The van der Waals surface area contributed by atoms with Gasteiger partial charge in [-0.25, -0.2) is 8.42 Å². The fraction of sp³-hybridized carbons (Fsp3) is 0.353.